The summed E-state index contributed by atoms with van der Waals surface area (Å²) >= 11 is 0. The number of aromatic nitrogens is 1. The largest absolute Gasteiger partial charge is 0.352 e. The maximum absolute atomic E-state index is 10.6. The summed E-state index contributed by atoms with van der Waals surface area (Å²) in [6.45, 7) is 5.11. The molecule has 1 heterocycles. The van der Waals surface area contributed by atoms with Gasteiger partial charge in [0.2, 0.25) is 6.41 Å². The van der Waals surface area contributed by atoms with Gasteiger partial charge in [-0.15, -0.1) is 0 Å². The molecule has 3 heteroatoms. The van der Waals surface area contributed by atoms with Gasteiger partial charge in [-0.25, -0.2) is 0 Å². The summed E-state index contributed by atoms with van der Waals surface area (Å²) in [5.41, 5.74) is 3.64. The predicted octanol–water partition coefficient (Wildman–Crippen LogP) is 3.62. The average molecular weight is 266 g/mol. The highest BCUT2D eigenvalue weighted by Crippen LogP contribution is 2.30. The molecule has 0 spiro atoms. The Morgan fingerprint density at radius 3 is 2.65 bits per heavy atom. The van der Waals surface area contributed by atoms with Crippen LogP contribution in [0.15, 0.2) is 42.5 Å². The molecule has 3 aromatic rings. The second-order valence-electron chi connectivity index (χ2n) is 5.04. The van der Waals surface area contributed by atoms with E-state index in [0.29, 0.717) is 0 Å². The number of nitrogens with one attached hydrogen (secondary N) is 1. The van der Waals surface area contributed by atoms with Gasteiger partial charge in [0.25, 0.3) is 0 Å². The van der Waals surface area contributed by atoms with Crippen molar-refractivity contribution in [1.29, 1.82) is 0 Å². The zero-order valence-corrected chi connectivity index (χ0v) is 11.8. The van der Waals surface area contributed by atoms with Crippen molar-refractivity contribution < 1.29 is 4.79 Å². The van der Waals surface area contributed by atoms with Crippen molar-refractivity contribution >= 4 is 28.2 Å². The number of benzene rings is 2. The Morgan fingerprint density at radius 2 is 1.90 bits per heavy atom. The Kier molecular flexibility index (Phi) is 3.18. The van der Waals surface area contributed by atoms with Crippen LogP contribution in [0, 0.1) is 0 Å². The third-order valence-corrected chi connectivity index (χ3v) is 3.93. The molecule has 0 fully saturated rings. The smallest absolute Gasteiger partial charge is 0.207 e. The molecule has 0 aliphatic rings. The number of amides is 1. The van der Waals surface area contributed by atoms with E-state index in [9.17, 15) is 4.79 Å². The van der Waals surface area contributed by atoms with Gasteiger partial charge in [-0.1, -0.05) is 24.3 Å². The first-order valence-corrected chi connectivity index (χ1v) is 6.97. The van der Waals surface area contributed by atoms with Crippen molar-refractivity contribution in [2.45, 2.75) is 26.4 Å². The van der Waals surface area contributed by atoms with Crippen LogP contribution in [0.1, 0.15) is 25.5 Å². The van der Waals surface area contributed by atoms with E-state index in [1.807, 2.05) is 6.92 Å². The lowest BCUT2D eigenvalue weighted by atomic mass is 10.0. The SMILES string of the molecule is CCn1c2ccccc2c2cc(C(C)NC=O)ccc21. The molecule has 1 atom stereocenters. The standard InChI is InChI=1S/C17H18N2O/c1-3-19-16-7-5-4-6-14(16)15-10-13(8-9-17(15)19)12(2)18-11-20/h4-12H,3H2,1-2H3,(H,18,20). The minimum absolute atomic E-state index is 0.0284. The average Bonchev–Trinajstić information content (AvgIpc) is 2.80. The Balaban J connectivity index is 2.28. The number of para-hydroxylation sites is 1. The van der Waals surface area contributed by atoms with E-state index in [1.165, 1.54) is 21.8 Å². The molecule has 0 aliphatic carbocycles. The molecule has 0 radical (unpaired) electrons. The van der Waals surface area contributed by atoms with E-state index in [4.69, 9.17) is 0 Å². The summed E-state index contributed by atoms with van der Waals surface area (Å²) in [5, 5.41) is 5.33. The van der Waals surface area contributed by atoms with Gasteiger partial charge in [-0.2, -0.15) is 0 Å². The maximum Gasteiger partial charge on any atom is 0.207 e. The normalized spacial score (nSPS) is 12.7. The molecular formula is C17H18N2O. The molecule has 3 nitrogen and oxygen atoms in total. The van der Waals surface area contributed by atoms with E-state index in [2.05, 4.69) is 59.3 Å². The van der Waals surface area contributed by atoms with Gasteiger partial charge in [0.15, 0.2) is 0 Å². The minimum atomic E-state index is 0.0284. The number of carbonyl (C=O) groups is 1. The van der Waals surface area contributed by atoms with Crippen LogP contribution < -0.4 is 5.32 Å². The van der Waals surface area contributed by atoms with Gasteiger partial charge >= 0.3 is 0 Å². The molecule has 1 amide bonds. The van der Waals surface area contributed by atoms with Crippen molar-refractivity contribution in [3.63, 3.8) is 0 Å². The van der Waals surface area contributed by atoms with Crippen molar-refractivity contribution in [1.82, 2.24) is 9.88 Å². The van der Waals surface area contributed by atoms with Crippen LogP contribution in [0.4, 0.5) is 0 Å². The van der Waals surface area contributed by atoms with Crippen LogP contribution in [-0.2, 0) is 11.3 Å². The van der Waals surface area contributed by atoms with Crippen LogP contribution >= 0.6 is 0 Å². The van der Waals surface area contributed by atoms with E-state index >= 15 is 0 Å². The fourth-order valence-corrected chi connectivity index (χ4v) is 2.88. The van der Waals surface area contributed by atoms with Crippen LogP contribution in [0.25, 0.3) is 21.8 Å². The van der Waals surface area contributed by atoms with Crippen LogP contribution in [0.2, 0.25) is 0 Å². The van der Waals surface area contributed by atoms with Crippen LogP contribution in [0.3, 0.4) is 0 Å². The summed E-state index contributed by atoms with van der Waals surface area (Å²) < 4.78 is 2.33. The zero-order chi connectivity index (χ0) is 14.1. The molecule has 102 valence electrons. The highest BCUT2D eigenvalue weighted by Gasteiger charge is 2.11. The van der Waals surface area contributed by atoms with Crippen LogP contribution in [0.5, 0.6) is 0 Å². The molecule has 0 aliphatic heterocycles. The van der Waals surface area contributed by atoms with Gasteiger partial charge in [-0.3, -0.25) is 4.79 Å². The molecule has 0 saturated heterocycles. The molecule has 1 aromatic heterocycles. The van der Waals surface area contributed by atoms with Gasteiger partial charge in [0.1, 0.15) is 0 Å². The van der Waals surface area contributed by atoms with Crippen molar-refractivity contribution in [3.05, 3.63) is 48.0 Å². The molecule has 20 heavy (non-hydrogen) atoms. The summed E-state index contributed by atoms with van der Waals surface area (Å²) in [6.07, 6.45) is 0.754. The molecule has 1 unspecified atom stereocenters. The third kappa shape index (κ3) is 1.86. The quantitative estimate of drug-likeness (QED) is 0.719. The molecule has 3 rings (SSSR count). The van der Waals surface area contributed by atoms with Crippen molar-refractivity contribution in [2.75, 3.05) is 0 Å². The number of aryl methyl sites for hydroxylation is 1. The Hall–Kier alpha value is -2.29. The lowest BCUT2D eigenvalue weighted by Crippen LogP contribution is -2.15. The van der Waals surface area contributed by atoms with E-state index < -0.39 is 0 Å². The lowest BCUT2D eigenvalue weighted by molar-refractivity contribution is -0.110. The highest BCUT2D eigenvalue weighted by atomic mass is 16.1. The molecular weight excluding hydrogens is 248 g/mol. The number of nitrogens with zero attached hydrogens (tertiary/aromatic N) is 1. The zero-order valence-electron chi connectivity index (χ0n) is 11.8. The number of hydrogen-bond donors (Lipinski definition) is 1. The van der Waals surface area contributed by atoms with Gasteiger partial charge in [0.05, 0.1) is 6.04 Å². The Morgan fingerprint density at radius 1 is 1.15 bits per heavy atom. The summed E-state index contributed by atoms with van der Waals surface area (Å²) in [4.78, 5) is 10.6. The summed E-state index contributed by atoms with van der Waals surface area (Å²) in [6, 6.07) is 14.9. The maximum atomic E-state index is 10.6. The molecule has 0 bridgehead atoms. The number of fused-ring (bicyclic) bond motifs is 3. The van der Waals surface area contributed by atoms with Gasteiger partial charge < -0.3 is 9.88 Å². The second-order valence-corrected chi connectivity index (χ2v) is 5.04. The van der Waals surface area contributed by atoms with Crippen molar-refractivity contribution in [3.8, 4) is 0 Å². The molecule has 2 aromatic carbocycles. The first kappa shape index (κ1) is 12.7. The fraction of sp³-hybridized carbons (Fsp3) is 0.235. The van der Waals surface area contributed by atoms with Gasteiger partial charge in [0, 0.05) is 28.4 Å². The Labute approximate surface area is 118 Å². The fourth-order valence-electron chi connectivity index (χ4n) is 2.88. The minimum Gasteiger partial charge on any atom is -0.352 e. The first-order valence-electron chi connectivity index (χ1n) is 6.97. The monoisotopic (exact) mass is 266 g/mol. The Bertz CT molecular complexity index is 773. The van der Waals surface area contributed by atoms with Crippen LogP contribution in [-0.4, -0.2) is 11.0 Å². The topological polar surface area (TPSA) is 34.0 Å². The number of carbonyl (C=O) groups excluding carboxylic acids is 1. The molecule has 0 saturated carbocycles. The second kappa shape index (κ2) is 5.00. The lowest BCUT2D eigenvalue weighted by Gasteiger charge is -2.11. The predicted molar refractivity (Wildman–Crippen MR) is 82.7 cm³/mol. The third-order valence-electron chi connectivity index (χ3n) is 3.93. The highest BCUT2D eigenvalue weighted by molar-refractivity contribution is 6.08. The molecule has 1 N–H and O–H groups in total. The number of rotatable bonds is 4. The number of hydrogen-bond acceptors (Lipinski definition) is 1. The van der Waals surface area contributed by atoms with E-state index in [-0.39, 0.29) is 6.04 Å². The van der Waals surface area contributed by atoms with E-state index in [1.54, 1.807) is 0 Å². The summed E-state index contributed by atoms with van der Waals surface area (Å²) in [5.74, 6) is 0. The van der Waals surface area contributed by atoms with Gasteiger partial charge in [-0.05, 0) is 37.6 Å². The van der Waals surface area contributed by atoms with E-state index in [0.717, 1.165) is 18.5 Å². The summed E-state index contributed by atoms with van der Waals surface area (Å²) in [7, 11) is 0. The van der Waals surface area contributed by atoms with Crippen molar-refractivity contribution in [2.24, 2.45) is 0 Å². The first-order chi connectivity index (χ1) is 9.76.